The zero-order chi connectivity index (χ0) is 9.84. The van der Waals surface area contributed by atoms with E-state index in [1.165, 1.54) is 18.4 Å². The molecule has 1 N–H and O–H groups in total. The fraction of sp³-hybridized carbons (Fsp3) is 0.286. The Morgan fingerprint density at radius 3 is 3.00 bits per heavy atom. The average Bonchev–Trinajstić information content (AvgIpc) is 2.63. The standard InChI is InChI=1S/C7H9NO3S2/c1-8-13(10)5-3-4-12-6(5)7(9)11-2/h3-4,8H,1-2H3. The Labute approximate surface area is 83.2 Å². The number of carbonyl (C=O) groups is 1. The van der Waals surface area contributed by atoms with Crippen LogP contribution < -0.4 is 4.72 Å². The molecule has 0 bridgehead atoms. The van der Waals surface area contributed by atoms with Crippen LogP contribution in [0.3, 0.4) is 0 Å². The molecule has 13 heavy (non-hydrogen) atoms. The van der Waals surface area contributed by atoms with Crippen LogP contribution in [-0.2, 0) is 16.1 Å². The van der Waals surface area contributed by atoms with Gasteiger partial charge < -0.3 is 9.29 Å². The van der Waals surface area contributed by atoms with E-state index in [0.29, 0.717) is 9.77 Å². The van der Waals surface area contributed by atoms with Crippen molar-refractivity contribution in [1.29, 1.82) is 0 Å². The van der Waals surface area contributed by atoms with Crippen LogP contribution in [0.1, 0.15) is 9.67 Å². The molecule has 0 radical (unpaired) electrons. The molecular formula is C7H9NO3S2. The first-order valence-electron chi connectivity index (χ1n) is 3.45. The van der Waals surface area contributed by atoms with Gasteiger partial charge in [0.1, 0.15) is 0 Å². The number of hydrogen-bond donors (Lipinski definition) is 1. The highest BCUT2D eigenvalue weighted by Gasteiger charge is 2.22. The molecule has 1 heterocycles. The van der Waals surface area contributed by atoms with Gasteiger partial charge in [-0.3, -0.25) is 0 Å². The van der Waals surface area contributed by atoms with E-state index < -0.39 is 17.3 Å². The van der Waals surface area contributed by atoms with Crippen molar-refractivity contribution in [3.8, 4) is 0 Å². The molecule has 0 amide bonds. The molecule has 6 heteroatoms. The van der Waals surface area contributed by atoms with Crippen LogP contribution in [0.2, 0.25) is 0 Å². The van der Waals surface area contributed by atoms with E-state index in [2.05, 4.69) is 9.46 Å². The number of thiophene rings is 1. The number of methoxy groups -OCH3 is 1. The maximum absolute atomic E-state index is 11.3. The van der Waals surface area contributed by atoms with Crippen LogP contribution in [0.15, 0.2) is 16.3 Å². The summed E-state index contributed by atoms with van der Waals surface area (Å²) < 4.78 is 18.4. The molecule has 0 saturated heterocycles. The summed E-state index contributed by atoms with van der Waals surface area (Å²) in [5.74, 6) is -0.450. The summed E-state index contributed by atoms with van der Waals surface area (Å²) in [6.07, 6.45) is 0. The van der Waals surface area contributed by atoms with Crippen LogP contribution in [0.25, 0.3) is 0 Å². The number of nitrogens with one attached hydrogen (secondary N) is 1. The molecule has 0 aliphatic rings. The van der Waals surface area contributed by atoms with Crippen LogP contribution in [0.5, 0.6) is 0 Å². The van der Waals surface area contributed by atoms with E-state index in [4.69, 9.17) is 0 Å². The van der Waals surface area contributed by atoms with E-state index in [-0.39, 0.29) is 0 Å². The smallest absolute Gasteiger partial charge is 0.353 e. The van der Waals surface area contributed by atoms with Crippen molar-refractivity contribution in [2.45, 2.75) is 4.90 Å². The molecule has 1 unspecified atom stereocenters. The van der Waals surface area contributed by atoms with Gasteiger partial charge in [0.05, 0.1) is 18.5 Å². The molecule has 1 aromatic heterocycles. The zero-order valence-corrected chi connectivity index (χ0v) is 8.83. The van der Waals surface area contributed by atoms with Gasteiger partial charge >= 0.3 is 5.97 Å². The molecule has 1 rings (SSSR count). The fourth-order valence-corrected chi connectivity index (χ4v) is 2.62. The minimum atomic E-state index is -1.33. The third-order valence-electron chi connectivity index (χ3n) is 1.39. The fourth-order valence-electron chi connectivity index (χ4n) is 0.795. The van der Waals surface area contributed by atoms with E-state index >= 15 is 0 Å². The summed E-state index contributed by atoms with van der Waals surface area (Å²) in [7, 11) is 2.86. The summed E-state index contributed by atoms with van der Waals surface area (Å²) in [5, 5.41) is 1.71. The van der Waals surface area contributed by atoms with Gasteiger partial charge in [-0.05, 0) is 5.38 Å². The Balaban J connectivity index is 2.95. The minimum absolute atomic E-state index is 0.384. The van der Waals surface area contributed by atoms with Gasteiger partial charge in [0.25, 0.3) is 0 Å². The molecule has 0 aliphatic carbocycles. The second-order valence-corrected chi connectivity index (χ2v) is 4.38. The molecule has 0 spiro atoms. The first-order chi connectivity index (χ1) is 6.20. The predicted molar refractivity (Wildman–Crippen MR) is 51.1 cm³/mol. The Kier molecular flexibility index (Phi) is 3.73. The SMILES string of the molecule is CN[S+]([O-])c1ccsc1C(=O)OC. The van der Waals surface area contributed by atoms with Crippen molar-refractivity contribution < 1.29 is 14.1 Å². The lowest BCUT2D eigenvalue weighted by Gasteiger charge is -2.06. The molecule has 0 aromatic carbocycles. The summed E-state index contributed by atoms with van der Waals surface area (Å²) in [4.78, 5) is 12.0. The molecule has 0 saturated carbocycles. The van der Waals surface area contributed by atoms with Crippen molar-refractivity contribution in [2.75, 3.05) is 14.2 Å². The number of hydrogen-bond acceptors (Lipinski definition) is 5. The van der Waals surface area contributed by atoms with E-state index in [1.807, 2.05) is 0 Å². The Hall–Kier alpha value is -0.560. The second-order valence-electron chi connectivity index (χ2n) is 2.08. The van der Waals surface area contributed by atoms with Crippen LogP contribution in [0.4, 0.5) is 0 Å². The number of ether oxygens (including phenoxy) is 1. The third kappa shape index (κ3) is 2.22. The van der Waals surface area contributed by atoms with Gasteiger partial charge in [-0.2, -0.15) is 0 Å². The van der Waals surface area contributed by atoms with Gasteiger partial charge in [0.15, 0.2) is 9.77 Å². The van der Waals surface area contributed by atoms with Crippen LogP contribution >= 0.6 is 11.3 Å². The van der Waals surface area contributed by atoms with Gasteiger partial charge in [-0.1, -0.05) is 0 Å². The largest absolute Gasteiger partial charge is 0.593 e. The first kappa shape index (κ1) is 10.5. The normalized spacial score (nSPS) is 12.5. The number of rotatable bonds is 3. The van der Waals surface area contributed by atoms with Crippen molar-refractivity contribution in [3.63, 3.8) is 0 Å². The molecule has 0 fully saturated rings. The third-order valence-corrected chi connectivity index (χ3v) is 3.52. The number of carbonyl (C=O) groups excluding carboxylic acids is 1. The van der Waals surface area contributed by atoms with Gasteiger partial charge in [-0.25, -0.2) is 4.79 Å². The first-order valence-corrected chi connectivity index (χ1v) is 5.48. The van der Waals surface area contributed by atoms with E-state index in [1.54, 1.807) is 18.5 Å². The molecular weight excluding hydrogens is 210 g/mol. The predicted octanol–water partition coefficient (Wildman–Crippen LogP) is 0.777. The summed E-state index contributed by atoms with van der Waals surface area (Å²) in [6.45, 7) is 0. The lowest BCUT2D eigenvalue weighted by Crippen LogP contribution is -2.20. The summed E-state index contributed by atoms with van der Waals surface area (Å²) in [6, 6.07) is 1.64. The van der Waals surface area contributed by atoms with E-state index in [0.717, 1.165) is 0 Å². The van der Waals surface area contributed by atoms with Crippen molar-refractivity contribution in [3.05, 3.63) is 16.3 Å². The topological polar surface area (TPSA) is 61.4 Å². The quantitative estimate of drug-likeness (QED) is 0.602. The second kappa shape index (κ2) is 4.61. The van der Waals surface area contributed by atoms with Crippen molar-refractivity contribution in [1.82, 2.24) is 4.72 Å². The average molecular weight is 219 g/mol. The van der Waals surface area contributed by atoms with Crippen molar-refractivity contribution in [2.24, 2.45) is 0 Å². The highest BCUT2D eigenvalue weighted by Crippen LogP contribution is 2.22. The number of esters is 1. The lowest BCUT2D eigenvalue weighted by molar-refractivity contribution is 0.0602. The van der Waals surface area contributed by atoms with Crippen LogP contribution in [0, 0.1) is 0 Å². The minimum Gasteiger partial charge on any atom is -0.593 e. The van der Waals surface area contributed by atoms with E-state index in [9.17, 15) is 9.35 Å². The van der Waals surface area contributed by atoms with Crippen molar-refractivity contribution >= 4 is 28.7 Å². The zero-order valence-electron chi connectivity index (χ0n) is 7.20. The van der Waals surface area contributed by atoms with Crippen LogP contribution in [-0.4, -0.2) is 24.7 Å². The molecule has 1 aromatic rings. The maximum Gasteiger partial charge on any atom is 0.353 e. The highest BCUT2D eigenvalue weighted by atomic mass is 32.2. The van der Waals surface area contributed by atoms with Gasteiger partial charge in [-0.15, -0.1) is 16.1 Å². The Bertz CT molecular complexity index is 300. The monoisotopic (exact) mass is 219 g/mol. The maximum atomic E-state index is 11.3. The Morgan fingerprint density at radius 2 is 2.46 bits per heavy atom. The lowest BCUT2D eigenvalue weighted by atomic mass is 10.5. The summed E-state index contributed by atoms with van der Waals surface area (Å²) in [5.41, 5.74) is 0. The molecule has 72 valence electrons. The molecule has 4 nitrogen and oxygen atoms in total. The highest BCUT2D eigenvalue weighted by molar-refractivity contribution is 7.89. The molecule has 0 aliphatic heterocycles. The molecule has 1 atom stereocenters. The Morgan fingerprint density at radius 1 is 1.77 bits per heavy atom. The van der Waals surface area contributed by atoms with Gasteiger partial charge in [0, 0.05) is 13.1 Å². The summed E-state index contributed by atoms with van der Waals surface area (Å²) >= 11 is -0.115. The van der Waals surface area contributed by atoms with Gasteiger partial charge in [0.2, 0.25) is 0 Å².